The van der Waals surface area contributed by atoms with E-state index in [2.05, 4.69) is 81.5 Å². The summed E-state index contributed by atoms with van der Waals surface area (Å²) in [6, 6.07) is 0. The molecule has 1 atom stereocenters. The van der Waals surface area contributed by atoms with E-state index in [-0.39, 0.29) is 31.1 Å². The van der Waals surface area contributed by atoms with Gasteiger partial charge in [-0.25, -0.2) is 0 Å². The molecule has 1 unspecified atom stereocenters. The maximum absolute atomic E-state index is 12.7. The summed E-state index contributed by atoms with van der Waals surface area (Å²) in [6.07, 6.45) is 52.0. The Bertz CT molecular complexity index is 1020. The molecule has 0 amide bonds. The molecule has 0 fully saturated rings. The fraction of sp³-hybridized carbons (Fsp3) is 0.735. The van der Waals surface area contributed by atoms with Crippen LogP contribution in [0.2, 0.25) is 0 Å². The average molecular weight is 769 g/mol. The third-order valence-corrected chi connectivity index (χ3v) is 9.49. The fourth-order valence-electron chi connectivity index (χ4n) is 6.10. The number of hydrogen-bond donors (Lipinski definition) is 0. The zero-order valence-corrected chi connectivity index (χ0v) is 35.9. The Morgan fingerprint density at radius 1 is 0.382 bits per heavy atom. The maximum atomic E-state index is 12.7. The molecule has 0 saturated heterocycles. The van der Waals surface area contributed by atoms with Crippen molar-refractivity contribution in [2.75, 3.05) is 13.2 Å². The Balaban J connectivity index is 4.44. The summed E-state index contributed by atoms with van der Waals surface area (Å²) in [5, 5.41) is 0. The number of unbranched alkanes of at least 4 members (excludes halogenated alkanes) is 19. The van der Waals surface area contributed by atoms with Crippen LogP contribution >= 0.6 is 0 Å². The standard InChI is InChI=1S/C49H84O6/c1-4-7-10-13-16-19-22-25-28-30-33-36-39-42-48(51)54-45-46(55-49(52)43-40-37-34-31-27-24-21-18-15-12-9-6-3)44-53-47(50)41-38-35-32-29-26-23-20-17-14-11-8-5-2/h8-9,11-12,17-18,20-21,25,28,46H,4-7,10,13-16,19,22-24,26-27,29-45H2,1-3H3/b11-8-,12-9-,20-17-,21-18-,28-25-. The number of ether oxygens (including phenoxy) is 3. The first-order chi connectivity index (χ1) is 27.0. The van der Waals surface area contributed by atoms with E-state index in [0.717, 1.165) is 135 Å². The van der Waals surface area contributed by atoms with E-state index in [9.17, 15) is 14.4 Å². The minimum absolute atomic E-state index is 0.0928. The Morgan fingerprint density at radius 2 is 0.709 bits per heavy atom. The first-order valence-electron chi connectivity index (χ1n) is 22.8. The van der Waals surface area contributed by atoms with Crippen molar-refractivity contribution in [3.05, 3.63) is 60.8 Å². The Labute approximate surface area is 339 Å². The molecule has 0 aromatic carbocycles. The Morgan fingerprint density at radius 3 is 1.13 bits per heavy atom. The zero-order chi connectivity index (χ0) is 40.1. The molecule has 0 aliphatic rings. The monoisotopic (exact) mass is 769 g/mol. The van der Waals surface area contributed by atoms with Crippen molar-refractivity contribution in [1.29, 1.82) is 0 Å². The molecule has 0 saturated carbocycles. The van der Waals surface area contributed by atoms with Crippen molar-refractivity contribution < 1.29 is 28.6 Å². The van der Waals surface area contributed by atoms with Gasteiger partial charge < -0.3 is 14.2 Å². The van der Waals surface area contributed by atoms with Gasteiger partial charge in [-0.2, -0.15) is 0 Å². The van der Waals surface area contributed by atoms with E-state index in [0.29, 0.717) is 19.3 Å². The normalized spacial score (nSPS) is 12.6. The van der Waals surface area contributed by atoms with E-state index < -0.39 is 6.10 Å². The predicted octanol–water partition coefficient (Wildman–Crippen LogP) is 14.5. The second kappa shape index (κ2) is 43.8. The lowest BCUT2D eigenvalue weighted by Crippen LogP contribution is -2.30. The molecule has 0 aromatic heterocycles. The quantitative estimate of drug-likeness (QED) is 0.0267. The smallest absolute Gasteiger partial charge is 0.306 e. The highest BCUT2D eigenvalue weighted by Gasteiger charge is 2.19. The molecule has 0 aliphatic heterocycles. The lowest BCUT2D eigenvalue weighted by Gasteiger charge is -2.18. The highest BCUT2D eigenvalue weighted by atomic mass is 16.6. The van der Waals surface area contributed by atoms with Crippen molar-refractivity contribution >= 4 is 17.9 Å². The van der Waals surface area contributed by atoms with Gasteiger partial charge in [0.05, 0.1) is 0 Å². The molecule has 0 spiro atoms. The number of rotatable bonds is 40. The lowest BCUT2D eigenvalue weighted by molar-refractivity contribution is -0.167. The second-order valence-corrected chi connectivity index (χ2v) is 14.9. The summed E-state index contributed by atoms with van der Waals surface area (Å²) < 4.78 is 16.7. The van der Waals surface area contributed by atoms with Crippen molar-refractivity contribution in [3.63, 3.8) is 0 Å². The molecule has 316 valence electrons. The minimum atomic E-state index is -0.790. The van der Waals surface area contributed by atoms with Crippen LogP contribution in [0.3, 0.4) is 0 Å². The molecule has 0 aromatic rings. The summed E-state index contributed by atoms with van der Waals surface area (Å²) in [5.41, 5.74) is 0. The van der Waals surface area contributed by atoms with Gasteiger partial charge in [0.1, 0.15) is 13.2 Å². The van der Waals surface area contributed by atoms with Crippen molar-refractivity contribution in [1.82, 2.24) is 0 Å². The number of hydrogen-bond acceptors (Lipinski definition) is 6. The van der Waals surface area contributed by atoms with Crippen molar-refractivity contribution in [2.24, 2.45) is 0 Å². The minimum Gasteiger partial charge on any atom is -0.462 e. The van der Waals surface area contributed by atoms with Crippen LogP contribution in [0.15, 0.2) is 60.8 Å². The van der Waals surface area contributed by atoms with Gasteiger partial charge in [0.25, 0.3) is 0 Å². The van der Waals surface area contributed by atoms with Crippen LogP contribution in [0.1, 0.15) is 213 Å². The van der Waals surface area contributed by atoms with Crippen LogP contribution in [0.4, 0.5) is 0 Å². The first-order valence-corrected chi connectivity index (χ1v) is 22.8. The lowest BCUT2D eigenvalue weighted by atomic mass is 10.1. The van der Waals surface area contributed by atoms with E-state index >= 15 is 0 Å². The second-order valence-electron chi connectivity index (χ2n) is 14.9. The summed E-state index contributed by atoms with van der Waals surface area (Å²) in [5.74, 6) is -0.942. The van der Waals surface area contributed by atoms with Gasteiger partial charge in [-0.05, 0) is 96.3 Å². The number of allylic oxidation sites excluding steroid dienone is 10. The topological polar surface area (TPSA) is 78.9 Å². The summed E-state index contributed by atoms with van der Waals surface area (Å²) in [7, 11) is 0. The summed E-state index contributed by atoms with van der Waals surface area (Å²) in [6.45, 7) is 6.35. The van der Waals surface area contributed by atoms with Crippen LogP contribution in [0.25, 0.3) is 0 Å². The number of carbonyl (C=O) groups is 3. The summed E-state index contributed by atoms with van der Waals surface area (Å²) in [4.78, 5) is 37.7. The van der Waals surface area contributed by atoms with Crippen LogP contribution in [0, 0.1) is 0 Å². The third kappa shape index (κ3) is 42.1. The van der Waals surface area contributed by atoms with Gasteiger partial charge in [0.15, 0.2) is 6.10 Å². The highest BCUT2D eigenvalue weighted by molar-refractivity contribution is 5.71. The largest absolute Gasteiger partial charge is 0.462 e. The fourth-order valence-corrected chi connectivity index (χ4v) is 6.10. The molecular formula is C49H84O6. The van der Waals surface area contributed by atoms with Crippen LogP contribution in [0.5, 0.6) is 0 Å². The Hall–Kier alpha value is -2.89. The van der Waals surface area contributed by atoms with Crippen LogP contribution in [-0.4, -0.2) is 37.2 Å². The van der Waals surface area contributed by atoms with Gasteiger partial charge in [0, 0.05) is 19.3 Å². The molecular weight excluding hydrogens is 685 g/mol. The van der Waals surface area contributed by atoms with Gasteiger partial charge in [-0.1, -0.05) is 159 Å². The van der Waals surface area contributed by atoms with E-state index in [1.165, 1.54) is 38.5 Å². The molecule has 0 heterocycles. The molecule has 55 heavy (non-hydrogen) atoms. The number of carbonyl (C=O) groups excluding carboxylic acids is 3. The molecule has 0 bridgehead atoms. The molecule has 6 heteroatoms. The average Bonchev–Trinajstić information content (AvgIpc) is 3.18. The molecule has 0 radical (unpaired) electrons. The Kier molecular flexibility index (Phi) is 41.5. The van der Waals surface area contributed by atoms with Crippen LogP contribution < -0.4 is 0 Å². The number of esters is 3. The van der Waals surface area contributed by atoms with Gasteiger partial charge in [0.2, 0.25) is 0 Å². The summed E-state index contributed by atoms with van der Waals surface area (Å²) >= 11 is 0. The predicted molar refractivity (Wildman–Crippen MR) is 233 cm³/mol. The van der Waals surface area contributed by atoms with E-state index in [1.54, 1.807) is 0 Å². The van der Waals surface area contributed by atoms with Crippen LogP contribution in [-0.2, 0) is 28.6 Å². The molecule has 0 rings (SSSR count). The molecule has 0 N–H and O–H groups in total. The van der Waals surface area contributed by atoms with Crippen molar-refractivity contribution in [2.45, 2.75) is 219 Å². The van der Waals surface area contributed by atoms with Crippen molar-refractivity contribution in [3.8, 4) is 0 Å². The highest BCUT2D eigenvalue weighted by Crippen LogP contribution is 2.13. The third-order valence-electron chi connectivity index (χ3n) is 9.49. The van der Waals surface area contributed by atoms with E-state index in [1.807, 2.05) is 0 Å². The zero-order valence-electron chi connectivity index (χ0n) is 35.9. The molecule has 6 nitrogen and oxygen atoms in total. The van der Waals surface area contributed by atoms with Gasteiger partial charge in [-0.3, -0.25) is 14.4 Å². The van der Waals surface area contributed by atoms with E-state index in [4.69, 9.17) is 14.2 Å². The van der Waals surface area contributed by atoms with Gasteiger partial charge >= 0.3 is 17.9 Å². The molecule has 0 aliphatic carbocycles. The SMILES string of the molecule is CC/C=C\C/C=C\CCCCCCCC(=O)OCC(COC(=O)CCCCC/C=C\CCCCCCCC)OC(=O)CCCCCCC/C=C\C/C=C\CC. The first kappa shape index (κ1) is 52.1. The maximum Gasteiger partial charge on any atom is 0.306 e. The van der Waals surface area contributed by atoms with Gasteiger partial charge in [-0.15, -0.1) is 0 Å².